The highest BCUT2D eigenvalue weighted by molar-refractivity contribution is 5.47. The van der Waals surface area contributed by atoms with Gasteiger partial charge in [-0.25, -0.2) is 0 Å². The van der Waals surface area contributed by atoms with Crippen LogP contribution in [0.25, 0.3) is 0 Å². The fourth-order valence-electron chi connectivity index (χ4n) is 2.01. The summed E-state index contributed by atoms with van der Waals surface area (Å²) in [4.78, 5) is 5.25. The van der Waals surface area contributed by atoms with Crippen molar-refractivity contribution in [1.82, 2.24) is 4.98 Å². The Labute approximate surface area is 104 Å². The average Bonchev–Trinajstić information content (AvgIpc) is 2.27. The molecular formula is C12H15F3N2O. The monoisotopic (exact) mass is 260 g/mol. The van der Waals surface area contributed by atoms with Gasteiger partial charge < -0.3 is 9.64 Å². The third-order valence-corrected chi connectivity index (χ3v) is 2.82. The topological polar surface area (TPSA) is 25.4 Å². The zero-order valence-electron chi connectivity index (χ0n) is 10.3. The summed E-state index contributed by atoms with van der Waals surface area (Å²) in [5, 5.41) is 0. The van der Waals surface area contributed by atoms with Crippen LogP contribution in [-0.2, 0) is 10.9 Å². The quantitative estimate of drug-likeness (QED) is 0.776. The molecule has 0 bridgehead atoms. The molecule has 2 heterocycles. The summed E-state index contributed by atoms with van der Waals surface area (Å²) in [6.07, 6.45) is -3.21. The van der Waals surface area contributed by atoms with E-state index >= 15 is 0 Å². The van der Waals surface area contributed by atoms with Crippen LogP contribution < -0.4 is 4.90 Å². The minimum absolute atomic E-state index is 0.347. The van der Waals surface area contributed by atoms with Gasteiger partial charge in [-0.1, -0.05) is 0 Å². The van der Waals surface area contributed by atoms with E-state index in [1.165, 1.54) is 6.20 Å². The minimum Gasteiger partial charge on any atom is -0.372 e. The van der Waals surface area contributed by atoms with Gasteiger partial charge in [-0.15, -0.1) is 0 Å². The summed E-state index contributed by atoms with van der Waals surface area (Å²) >= 11 is 0. The van der Waals surface area contributed by atoms with E-state index in [0.717, 1.165) is 6.07 Å². The van der Waals surface area contributed by atoms with Crippen molar-refractivity contribution in [2.45, 2.75) is 25.6 Å². The Hall–Kier alpha value is -1.30. The van der Waals surface area contributed by atoms with Crippen LogP contribution in [0.3, 0.4) is 0 Å². The Bertz CT molecular complexity index is 432. The Kier molecular flexibility index (Phi) is 3.23. The zero-order chi connectivity index (χ0) is 13.4. The zero-order valence-corrected chi connectivity index (χ0v) is 10.3. The van der Waals surface area contributed by atoms with Crippen molar-refractivity contribution in [3.63, 3.8) is 0 Å². The summed E-state index contributed by atoms with van der Waals surface area (Å²) < 4.78 is 43.3. The molecule has 0 unspecified atom stereocenters. The lowest BCUT2D eigenvalue weighted by Crippen LogP contribution is -2.48. The van der Waals surface area contributed by atoms with Crippen molar-refractivity contribution in [1.29, 1.82) is 0 Å². The number of anilines is 1. The summed E-state index contributed by atoms with van der Waals surface area (Å²) in [5.41, 5.74) is -0.669. The molecule has 0 saturated carbocycles. The molecule has 18 heavy (non-hydrogen) atoms. The van der Waals surface area contributed by atoms with Crippen LogP contribution in [0.4, 0.5) is 18.9 Å². The van der Waals surface area contributed by atoms with Crippen molar-refractivity contribution in [2.75, 3.05) is 24.6 Å². The second-order valence-corrected chi connectivity index (χ2v) is 4.93. The second-order valence-electron chi connectivity index (χ2n) is 4.93. The summed E-state index contributed by atoms with van der Waals surface area (Å²) in [6.45, 7) is 5.51. The van der Waals surface area contributed by atoms with E-state index in [2.05, 4.69) is 4.98 Å². The first-order chi connectivity index (χ1) is 8.28. The number of nitrogens with zero attached hydrogens (tertiary/aromatic N) is 2. The number of morpholine rings is 1. The van der Waals surface area contributed by atoms with Crippen molar-refractivity contribution in [3.8, 4) is 0 Å². The van der Waals surface area contributed by atoms with E-state index in [1.807, 2.05) is 18.7 Å². The molecule has 0 amide bonds. The van der Waals surface area contributed by atoms with Gasteiger partial charge in [-0.2, -0.15) is 13.2 Å². The first kappa shape index (κ1) is 13.1. The number of hydrogen-bond donors (Lipinski definition) is 0. The lowest BCUT2D eigenvalue weighted by atomic mass is 10.1. The highest BCUT2D eigenvalue weighted by Gasteiger charge is 2.34. The van der Waals surface area contributed by atoms with Gasteiger partial charge in [0.2, 0.25) is 0 Å². The standard InChI is InChI=1S/C12H15F3N2O/c1-11(2)8-17(5-6-18-11)9-3-4-16-10(7-9)12(13,14)15/h3-4,7H,5-6,8H2,1-2H3. The predicted molar refractivity (Wildman–Crippen MR) is 61.5 cm³/mol. The highest BCUT2D eigenvalue weighted by atomic mass is 19.4. The molecule has 0 atom stereocenters. The Morgan fingerprint density at radius 2 is 2.11 bits per heavy atom. The van der Waals surface area contributed by atoms with Gasteiger partial charge in [0.05, 0.1) is 12.2 Å². The maximum atomic E-state index is 12.6. The summed E-state index contributed by atoms with van der Waals surface area (Å²) in [5.74, 6) is 0. The predicted octanol–water partition coefficient (Wildman–Crippen LogP) is 2.72. The van der Waals surface area contributed by atoms with E-state index in [0.29, 0.717) is 25.4 Å². The first-order valence-electron chi connectivity index (χ1n) is 5.70. The number of halogens is 3. The molecule has 0 aliphatic carbocycles. The lowest BCUT2D eigenvalue weighted by molar-refractivity contribution is -0.141. The molecule has 3 nitrogen and oxygen atoms in total. The fourth-order valence-corrected chi connectivity index (χ4v) is 2.01. The molecule has 1 saturated heterocycles. The normalized spacial score (nSPS) is 19.9. The SMILES string of the molecule is CC1(C)CN(c2ccnc(C(F)(F)F)c2)CCO1. The van der Waals surface area contributed by atoms with Crippen molar-refractivity contribution < 1.29 is 17.9 Å². The van der Waals surface area contributed by atoms with Crippen LogP contribution in [0.1, 0.15) is 19.5 Å². The maximum Gasteiger partial charge on any atom is 0.433 e. The minimum atomic E-state index is -4.40. The molecule has 100 valence electrons. The number of hydrogen-bond acceptors (Lipinski definition) is 3. The molecule has 2 rings (SSSR count). The lowest BCUT2D eigenvalue weighted by Gasteiger charge is -2.39. The average molecular weight is 260 g/mol. The van der Waals surface area contributed by atoms with Crippen LogP contribution in [0.15, 0.2) is 18.3 Å². The molecule has 0 radical (unpaired) electrons. The molecule has 6 heteroatoms. The van der Waals surface area contributed by atoms with E-state index in [1.54, 1.807) is 6.07 Å². The first-order valence-corrected chi connectivity index (χ1v) is 5.70. The fraction of sp³-hybridized carbons (Fsp3) is 0.583. The van der Waals surface area contributed by atoms with Gasteiger partial charge in [-0.3, -0.25) is 4.98 Å². The molecular weight excluding hydrogens is 245 g/mol. The third-order valence-electron chi connectivity index (χ3n) is 2.82. The van der Waals surface area contributed by atoms with Gasteiger partial charge >= 0.3 is 6.18 Å². The van der Waals surface area contributed by atoms with Crippen molar-refractivity contribution in [3.05, 3.63) is 24.0 Å². The Balaban J connectivity index is 2.23. The van der Waals surface area contributed by atoms with Gasteiger partial charge in [0.1, 0.15) is 5.69 Å². The summed E-state index contributed by atoms with van der Waals surface area (Å²) in [7, 11) is 0. The molecule has 0 aromatic carbocycles. The third kappa shape index (κ3) is 2.93. The van der Waals surface area contributed by atoms with Gasteiger partial charge in [-0.05, 0) is 26.0 Å². The molecule has 1 aromatic heterocycles. The number of rotatable bonds is 1. The van der Waals surface area contributed by atoms with Crippen LogP contribution in [0, 0.1) is 0 Å². The van der Waals surface area contributed by atoms with Crippen molar-refractivity contribution >= 4 is 5.69 Å². The van der Waals surface area contributed by atoms with E-state index < -0.39 is 11.9 Å². The Morgan fingerprint density at radius 1 is 1.39 bits per heavy atom. The largest absolute Gasteiger partial charge is 0.433 e. The molecule has 1 aliphatic rings. The van der Waals surface area contributed by atoms with Gasteiger partial charge in [0, 0.05) is 25.0 Å². The summed E-state index contributed by atoms with van der Waals surface area (Å²) in [6, 6.07) is 2.68. The number of pyridine rings is 1. The molecule has 1 aromatic rings. The smallest absolute Gasteiger partial charge is 0.372 e. The van der Waals surface area contributed by atoms with Crippen LogP contribution in [0.2, 0.25) is 0 Å². The highest BCUT2D eigenvalue weighted by Crippen LogP contribution is 2.31. The van der Waals surface area contributed by atoms with Crippen LogP contribution in [-0.4, -0.2) is 30.3 Å². The van der Waals surface area contributed by atoms with Gasteiger partial charge in [0.15, 0.2) is 0 Å². The molecule has 0 N–H and O–H groups in total. The molecule has 0 spiro atoms. The number of ether oxygens (including phenoxy) is 1. The Morgan fingerprint density at radius 3 is 2.72 bits per heavy atom. The maximum absolute atomic E-state index is 12.6. The number of alkyl halides is 3. The van der Waals surface area contributed by atoms with E-state index in [4.69, 9.17) is 4.74 Å². The van der Waals surface area contributed by atoms with Crippen LogP contribution >= 0.6 is 0 Å². The second kappa shape index (κ2) is 4.42. The van der Waals surface area contributed by atoms with Gasteiger partial charge in [0.25, 0.3) is 0 Å². The van der Waals surface area contributed by atoms with E-state index in [9.17, 15) is 13.2 Å². The molecule has 1 aliphatic heterocycles. The molecule has 1 fully saturated rings. The number of aromatic nitrogens is 1. The van der Waals surface area contributed by atoms with Crippen molar-refractivity contribution in [2.24, 2.45) is 0 Å². The van der Waals surface area contributed by atoms with Crippen LogP contribution in [0.5, 0.6) is 0 Å². The van der Waals surface area contributed by atoms with E-state index in [-0.39, 0.29) is 5.60 Å².